The van der Waals surface area contributed by atoms with Gasteiger partial charge in [0, 0.05) is 6.07 Å². The van der Waals surface area contributed by atoms with Crippen molar-refractivity contribution in [2.24, 2.45) is 0 Å². The Kier molecular flexibility index (Phi) is 5.63. The minimum absolute atomic E-state index is 0.0678. The molecule has 27 heavy (non-hydrogen) atoms. The van der Waals surface area contributed by atoms with Gasteiger partial charge in [-0.2, -0.15) is 5.26 Å². The molecule has 0 radical (unpaired) electrons. The van der Waals surface area contributed by atoms with Gasteiger partial charge in [-0.25, -0.2) is 9.18 Å². The van der Waals surface area contributed by atoms with Crippen LogP contribution in [0, 0.1) is 17.1 Å². The Hall–Kier alpha value is -3.45. The third-order valence-corrected chi connectivity index (χ3v) is 4.37. The predicted molar refractivity (Wildman–Crippen MR) is 101 cm³/mol. The van der Waals surface area contributed by atoms with Crippen LogP contribution in [-0.2, 0) is 6.42 Å². The second-order valence-electron chi connectivity index (χ2n) is 6.36. The molecule has 0 bridgehead atoms. The molecule has 3 nitrogen and oxygen atoms in total. The van der Waals surface area contributed by atoms with E-state index >= 15 is 0 Å². The highest BCUT2D eigenvalue weighted by atomic mass is 19.1. The quantitative estimate of drug-likeness (QED) is 0.461. The molecule has 3 aromatic rings. The summed E-state index contributed by atoms with van der Waals surface area (Å²) in [4.78, 5) is 12.2. The fourth-order valence-corrected chi connectivity index (χ4v) is 2.85. The topological polar surface area (TPSA) is 50.1 Å². The molecule has 1 unspecified atom stereocenters. The highest BCUT2D eigenvalue weighted by Crippen LogP contribution is 2.21. The largest absolute Gasteiger partial charge is 0.423 e. The first-order valence-electron chi connectivity index (χ1n) is 8.62. The normalized spacial score (nSPS) is 11.4. The van der Waals surface area contributed by atoms with Gasteiger partial charge in [-0.1, -0.05) is 49.4 Å². The van der Waals surface area contributed by atoms with Crippen molar-refractivity contribution in [2.75, 3.05) is 0 Å². The van der Waals surface area contributed by atoms with Crippen molar-refractivity contribution < 1.29 is 13.9 Å². The van der Waals surface area contributed by atoms with Crippen LogP contribution in [0.5, 0.6) is 5.75 Å². The number of carbonyl (C=O) groups excluding carboxylic acids is 1. The molecule has 0 saturated carbocycles. The zero-order chi connectivity index (χ0) is 19.2. The van der Waals surface area contributed by atoms with Gasteiger partial charge in [0.1, 0.15) is 17.6 Å². The van der Waals surface area contributed by atoms with Gasteiger partial charge in [0.05, 0.1) is 11.1 Å². The summed E-state index contributed by atoms with van der Waals surface area (Å²) in [7, 11) is 0. The molecular weight excluding hydrogens is 341 g/mol. The van der Waals surface area contributed by atoms with Crippen molar-refractivity contribution in [3.8, 4) is 11.8 Å². The van der Waals surface area contributed by atoms with E-state index in [1.54, 1.807) is 18.2 Å². The summed E-state index contributed by atoms with van der Waals surface area (Å²) in [6.07, 6.45) is 0.861. The zero-order valence-electron chi connectivity index (χ0n) is 14.9. The Bertz CT molecular complexity index is 976. The van der Waals surface area contributed by atoms with E-state index in [1.807, 2.05) is 30.3 Å². The van der Waals surface area contributed by atoms with Gasteiger partial charge in [-0.15, -0.1) is 0 Å². The summed E-state index contributed by atoms with van der Waals surface area (Å²) < 4.78 is 18.8. The fourth-order valence-electron chi connectivity index (χ4n) is 2.85. The maximum Gasteiger partial charge on any atom is 0.343 e. The summed E-state index contributed by atoms with van der Waals surface area (Å²) in [5.41, 5.74) is 2.68. The zero-order valence-corrected chi connectivity index (χ0v) is 14.9. The van der Waals surface area contributed by atoms with E-state index in [9.17, 15) is 9.18 Å². The number of nitrogens with zero attached hydrogens (tertiary/aromatic N) is 1. The molecule has 134 valence electrons. The molecule has 0 heterocycles. The SMILES string of the molecule is CC(Cc1ccc(C(=O)Oc2ccc(C#N)c(F)c2)cc1)c1ccccc1. The van der Waals surface area contributed by atoms with Crippen molar-refractivity contribution in [3.63, 3.8) is 0 Å². The molecule has 0 aliphatic rings. The Balaban J connectivity index is 1.65. The van der Waals surface area contributed by atoms with Crippen LogP contribution in [0.1, 0.15) is 39.9 Å². The smallest absolute Gasteiger partial charge is 0.343 e. The third kappa shape index (κ3) is 4.59. The number of hydrogen-bond acceptors (Lipinski definition) is 3. The van der Waals surface area contributed by atoms with Crippen molar-refractivity contribution >= 4 is 5.97 Å². The fraction of sp³-hybridized carbons (Fsp3) is 0.130. The van der Waals surface area contributed by atoms with Gasteiger partial charge >= 0.3 is 5.97 Å². The number of carbonyl (C=O) groups is 1. The van der Waals surface area contributed by atoms with Crippen LogP contribution in [0.4, 0.5) is 4.39 Å². The maximum absolute atomic E-state index is 13.6. The van der Waals surface area contributed by atoms with Gasteiger partial charge in [0.25, 0.3) is 0 Å². The van der Waals surface area contributed by atoms with Crippen LogP contribution in [-0.4, -0.2) is 5.97 Å². The van der Waals surface area contributed by atoms with E-state index < -0.39 is 11.8 Å². The monoisotopic (exact) mass is 359 g/mol. The summed E-state index contributed by atoms with van der Waals surface area (Å²) in [6.45, 7) is 2.16. The van der Waals surface area contributed by atoms with Crippen LogP contribution in [0.2, 0.25) is 0 Å². The van der Waals surface area contributed by atoms with E-state index in [-0.39, 0.29) is 11.3 Å². The lowest BCUT2D eigenvalue weighted by Gasteiger charge is -2.12. The summed E-state index contributed by atoms with van der Waals surface area (Å²) >= 11 is 0. The van der Waals surface area contributed by atoms with Crippen molar-refractivity contribution in [1.82, 2.24) is 0 Å². The van der Waals surface area contributed by atoms with Crippen molar-refractivity contribution in [2.45, 2.75) is 19.3 Å². The Labute approximate surface area is 157 Å². The number of benzene rings is 3. The first-order valence-corrected chi connectivity index (χ1v) is 8.62. The first kappa shape index (κ1) is 18.3. The van der Waals surface area contributed by atoms with E-state index in [0.717, 1.165) is 18.1 Å². The lowest BCUT2D eigenvalue weighted by Crippen LogP contribution is -2.09. The number of halogens is 1. The summed E-state index contributed by atoms with van der Waals surface area (Å²) in [6, 6.07) is 22.9. The number of rotatable bonds is 5. The molecule has 0 spiro atoms. The summed E-state index contributed by atoms with van der Waals surface area (Å²) in [5, 5.41) is 8.73. The molecule has 0 aliphatic carbocycles. The highest BCUT2D eigenvalue weighted by Gasteiger charge is 2.12. The Morgan fingerprint density at radius 2 is 1.78 bits per heavy atom. The van der Waals surface area contributed by atoms with Gasteiger partial charge in [0.2, 0.25) is 0 Å². The van der Waals surface area contributed by atoms with Crippen LogP contribution in [0.3, 0.4) is 0 Å². The van der Waals surface area contributed by atoms with E-state index in [1.165, 1.54) is 17.7 Å². The molecule has 4 heteroatoms. The molecule has 3 aromatic carbocycles. The summed E-state index contributed by atoms with van der Waals surface area (Å²) in [5.74, 6) is -0.848. The lowest BCUT2D eigenvalue weighted by atomic mass is 9.93. The number of nitriles is 1. The molecule has 1 atom stereocenters. The van der Waals surface area contributed by atoms with Gasteiger partial charge in [-0.3, -0.25) is 0 Å². The lowest BCUT2D eigenvalue weighted by molar-refractivity contribution is 0.0734. The van der Waals surface area contributed by atoms with Crippen LogP contribution in [0.15, 0.2) is 72.8 Å². The second-order valence-corrected chi connectivity index (χ2v) is 6.36. The number of esters is 1. The number of hydrogen-bond donors (Lipinski definition) is 0. The molecule has 0 aromatic heterocycles. The molecule has 0 saturated heterocycles. The Morgan fingerprint density at radius 3 is 2.41 bits per heavy atom. The minimum atomic E-state index is -0.715. The minimum Gasteiger partial charge on any atom is -0.423 e. The average molecular weight is 359 g/mol. The van der Waals surface area contributed by atoms with Crippen LogP contribution in [0.25, 0.3) is 0 Å². The van der Waals surface area contributed by atoms with E-state index in [0.29, 0.717) is 11.5 Å². The molecule has 0 amide bonds. The molecule has 0 aliphatic heterocycles. The predicted octanol–water partition coefficient (Wildman–Crippen LogP) is 5.26. The molecule has 0 fully saturated rings. The van der Waals surface area contributed by atoms with Crippen LogP contribution >= 0.6 is 0 Å². The van der Waals surface area contributed by atoms with E-state index in [2.05, 4.69) is 19.1 Å². The van der Waals surface area contributed by atoms with Gasteiger partial charge in [-0.05, 0) is 47.7 Å². The Morgan fingerprint density at radius 1 is 1.07 bits per heavy atom. The number of ether oxygens (including phenoxy) is 1. The molecule has 0 N–H and O–H groups in total. The second kappa shape index (κ2) is 8.29. The molecule has 3 rings (SSSR count). The standard InChI is InChI=1S/C23H18FNO2/c1-16(18-5-3-2-4-6-18)13-17-7-9-19(10-8-17)23(26)27-21-12-11-20(15-25)22(24)14-21/h2-12,14,16H,13H2,1H3. The van der Waals surface area contributed by atoms with E-state index in [4.69, 9.17) is 10.00 Å². The van der Waals surface area contributed by atoms with Crippen LogP contribution < -0.4 is 4.74 Å². The van der Waals surface area contributed by atoms with Gasteiger partial charge in [0.15, 0.2) is 0 Å². The van der Waals surface area contributed by atoms with Gasteiger partial charge < -0.3 is 4.74 Å². The van der Waals surface area contributed by atoms with Crippen molar-refractivity contribution in [1.29, 1.82) is 5.26 Å². The van der Waals surface area contributed by atoms with Crippen molar-refractivity contribution in [3.05, 3.63) is 101 Å². The average Bonchev–Trinajstić information content (AvgIpc) is 2.69. The third-order valence-electron chi connectivity index (χ3n) is 4.37. The maximum atomic E-state index is 13.6. The highest BCUT2D eigenvalue weighted by molar-refractivity contribution is 5.91. The first-order chi connectivity index (χ1) is 13.1. The molecular formula is C23H18FNO2.